The molecule has 2 aromatic rings. The summed E-state index contributed by atoms with van der Waals surface area (Å²) in [5.41, 5.74) is 0.924. The number of benzene rings is 1. The molecule has 0 fully saturated rings. The lowest BCUT2D eigenvalue weighted by atomic mass is 10.2. The molecule has 1 N–H and O–H groups in total. The summed E-state index contributed by atoms with van der Waals surface area (Å²) in [5.74, 6) is 1.54. The minimum absolute atomic E-state index is 0.00318. The number of nitrogens with zero attached hydrogens (tertiary/aromatic N) is 4. The lowest BCUT2D eigenvalue weighted by molar-refractivity contribution is -0.118. The van der Waals surface area contributed by atoms with Gasteiger partial charge in [-0.3, -0.25) is 14.3 Å². The third kappa shape index (κ3) is 5.46. The smallest absolute Gasteiger partial charge is 0.230 e. The molecule has 142 valence electrons. The molecule has 1 aromatic heterocycles. The van der Waals surface area contributed by atoms with Crippen LogP contribution < -0.4 is 5.32 Å². The molecule has 0 saturated carbocycles. The van der Waals surface area contributed by atoms with Crippen LogP contribution >= 0.6 is 23.4 Å². The maximum Gasteiger partial charge on any atom is 0.230 e. The van der Waals surface area contributed by atoms with Gasteiger partial charge in [0.25, 0.3) is 0 Å². The lowest BCUT2D eigenvalue weighted by Crippen LogP contribution is -2.28. The molecule has 0 unspecified atom stereocenters. The van der Waals surface area contributed by atoms with E-state index in [-0.39, 0.29) is 11.9 Å². The normalized spacial score (nSPS) is 12.6. The highest BCUT2D eigenvalue weighted by atomic mass is 35.5. The second-order valence-electron chi connectivity index (χ2n) is 6.78. The molecule has 0 saturated heterocycles. The molecule has 8 heteroatoms. The Morgan fingerprint density at radius 2 is 1.88 bits per heavy atom. The fourth-order valence-corrected chi connectivity index (χ4v) is 3.12. The van der Waals surface area contributed by atoms with E-state index in [0.717, 1.165) is 11.5 Å². The van der Waals surface area contributed by atoms with E-state index in [9.17, 15) is 4.79 Å². The number of halogens is 1. The Morgan fingerprint density at radius 1 is 1.23 bits per heavy atom. The molecule has 0 spiro atoms. The van der Waals surface area contributed by atoms with Crippen LogP contribution in [0.1, 0.15) is 32.6 Å². The number of hydrogen-bond donors (Lipinski definition) is 1. The first-order chi connectivity index (χ1) is 12.3. The highest BCUT2D eigenvalue weighted by Crippen LogP contribution is 2.27. The number of hydrogen-bond acceptors (Lipinski definition) is 5. The van der Waals surface area contributed by atoms with Gasteiger partial charge in [-0.25, -0.2) is 0 Å². The fourth-order valence-electron chi connectivity index (χ4n) is 2.21. The van der Waals surface area contributed by atoms with Crippen molar-refractivity contribution in [1.29, 1.82) is 0 Å². The number of thioether (sulfide) groups is 1. The van der Waals surface area contributed by atoms with Crippen molar-refractivity contribution in [2.24, 2.45) is 5.92 Å². The molecule has 0 aliphatic rings. The molecule has 0 bridgehead atoms. The van der Waals surface area contributed by atoms with Gasteiger partial charge < -0.3 is 5.32 Å². The zero-order valence-corrected chi connectivity index (χ0v) is 17.4. The molecule has 6 nitrogen and oxygen atoms in total. The molecule has 0 radical (unpaired) electrons. The van der Waals surface area contributed by atoms with Crippen molar-refractivity contribution in [2.45, 2.75) is 32.0 Å². The Hall–Kier alpha value is -1.57. The molecular formula is C18H26ClN5OS. The van der Waals surface area contributed by atoms with Gasteiger partial charge in [0.15, 0.2) is 11.0 Å². The highest BCUT2D eigenvalue weighted by molar-refractivity contribution is 7.99. The maximum atomic E-state index is 12.0. The summed E-state index contributed by atoms with van der Waals surface area (Å²) in [6.07, 6.45) is 0. The zero-order chi connectivity index (χ0) is 19.3. The van der Waals surface area contributed by atoms with E-state index in [1.165, 1.54) is 11.8 Å². The Bertz CT molecular complexity index is 730. The third-order valence-electron chi connectivity index (χ3n) is 3.93. The van der Waals surface area contributed by atoms with Gasteiger partial charge in [-0.05, 0) is 51.2 Å². The van der Waals surface area contributed by atoms with Crippen LogP contribution in [0.3, 0.4) is 0 Å². The zero-order valence-electron chi connectivity index (χ0n) is 15.9. The Labute approximate surface area is 164 Å². The SMILES string of the molecule is CC(C)CNC(=O)CSc1nnc([C@H](C)N(C)C)n1-c1ccc(Cl)cc1. The van der Waals surface area contributed by atoms with Crippen LogP contribution in [0.15, 0.2) is 29.4 Å². The van der Waals surface area contributed by atoms with Gasteiger partial charge in [-0.2, -0.15) is 0 Å². The highest BCUT2D eigenvalue weighted by Gasteiger charge is 2.21. The monoisotopic (exact) mass is 395 g/mol. The average molecular weight is 396 g/mol. The second kappa shape index (κ2) is 9.39. The second-order valence-corrected chi connectivity index (χ2v) is 8.16. The van der Waals surface area contributed by atoms with E-state index in [1.54, 1.807) is 0 Å². The molecular weight excluding hydrogens is 370 g/mol. The Balaban J connectivity index is 2.25. The minimum atomic E-state index is -0.00318. The molecule has 2 rings (SSSR count). The minimum Gasteiger partial charge on any atom is -0.355 e. The summed E-state index contributed by atoms with van der Waals surface area (Å²) in [6.45, 7) is 6.88. The van der Waals surface area contributed by atoms with Gasteiger partial charge in [-0.1, -0.05) is 37.2 Å². The predicted octanol–water partition coefficient (Wildman–Crippen LogP) is 3.41. The van der Waals surface area contributed by atoms with Crippen molar-refractivity contribution >= 4 is 29.3 Å². The van der Waals surface area contributed by atoms with Gasteiger partial charge >= 0.3 is 0 Å². The molecule has 0 aliphatic carbocycles. The van der Waals surface area contributed by atoms with Gasteiger partial charge in [-0.15, -0.1) is 10.2 Å². The lowest BCUT2D eigenvalue weighted by Gasteiger charge is -2.20. The molecule has 1 amide bonds. The molecule has 1 aromatic carbocycles. The third-order valence-corrected chi connectivity index (χ3v) is 5.11. The van der Waals surface area contributed by atoms with E-state index in [4.69, 9.17) is 11.6 Å². The van der Waals surface area contributed by atoms with E-state index >= 15 is 0 Å². The van der Waals surface area contributed by atoms with E-state index < -0.39 is 0 Å². The van der Waals surface area contributed by atoms with Gasteiger partial charge in [0.05, 0.1) is 11.8 Å². The summed E-state index contributed by atoms with van der Waals surface area (Å²) < 4.78 is 1.99. The molecule has 0 aliphatic heterocycles. The van der Waals surface area contributed by atoms with Crippen molar-refractivity contribution in [1.82, 2.24) is 25.0 Å². The summed E-state index contributed by atoms with van der Waals surface area (Å²) in [5, 5.41) is 13.0. The van der Waals surface area contributed by atoms with Crippen LogP contribution in [0, 0.1) is 5.92 Å². The molecule has 26 heavy (non-hydrogen) atoms. The van der Waals surface area contributed by atoms with Gasteiger partial charge in [0.2, 0.25) is 5.91 Å². The van der Waals surface area contributed by atoms with Gasteiger partial charge in [0.1, 0.15) is 0 Å². The standard InChI is InChI=1S/C18H26ClN5OS/c1-12(2)10-20-16(25)11-26-18-22-21-17(13(3)23(4)5)24(18)15-8-6-14(19)7-9-15/h6-9,12-13H,10-11H2,1-5H3,(H,20,25)/t13-/m0/s1. The van der Waals surface area contributed by atoms with Crippen molar-refractivity contribution in [3.05, 3.63) is 35.1 Å². The molecule has 1 atom stereocenters. The number of nitrogens with one attached hydrogen (secondary N) is 1. The largest absolute Gasteiger partial charge is 0.355 e. The van der Waals surface area contributed by atoms with E-state index in [2.05, 4.69) is 41.2 Å². The quantitative estimate of drug-likeness (QED) is 0.694. The van der Waals surface area contributed by atoms with Crippen molar-refractivity contribution in [3.63, 3.8) is 0 Å². The number of aromatic nitrogens is 3. The van der Waals surface area contributed by atoms with E-state index in [0.29, 0.717) is 28.4 Å². The van der Waals surface area contributed by atoms with Crippen molar-refractivity contribution in [2.75, 3.05) is 26.4 Å². The van der Waals surface area contributed by atoms with Crippen LogP contribution in [0.5, 0.6) is 0 Å². The number of amides is 1. The van der Waals surface area contributed by atoms with Crippen LogP contribution in [0.25, 0.3) is 5.69 Å². The summed E-state index contributed by atoms with van der Waals surface area (Å²) in [7, 11) is 4.00. The van der Waals surface area contributed by atoms with Crippen LogP contribution in [-0.2, 0) is 4.79 Å². The Morgan fingerprint density at radius 3 is 2.46 bits per heavy atom. The molecule has 1 heterocycles. The number of carbonyl (C=O) groups excluding carboxylic acids is 1. The maximum absolute atomic E-state index is 12.0. The number of carbonyl (C=O) groups is 1. The fraction of sp³-hybridized carbons (Fsp3) is 0.500. The summed E-state index contributed by atoms with van der Waals surface area (Å²) >= 11 is 7.40. The van der Waals surface area contributed by atoms with E-state index in [1.807, 2.05) is 42.9 Å². The van der Waals surface area contributed by atoms with Crippen LogP contribution in [0.2, 0.25) is 5.02 Å². The van der Waals surface area contributed by atoms with Gasteiger partial charge in [0, 0.05) is 17.3 Å². The first-order valence-corrected chi connectivity index (χ1v) is 9.93. The first-order valence-electron chi connectivity index (χ1n) is 8.56. The van der Waals surface area contributed by atoms with Crippen LogP contribution in [0.4, 0.5) is 0 Å². The number of rotatable bonds is 8. The average Bonchev–Trinajstić information content (AvgIpc) is 3.01. The van der Waals surface area contributed by atoms with Crippen molar-refractivity contribution < 1.29 is 4.79 Å². The van der Waals surface area contributed by atoms with Crippen LogP contribution in [-0.4, -0.2) is 52.0 Å². The summed E-state index contributed by atoms with van der Waals surface area (Å²) in [4.78, 5) is 14.1. The summed E-state index contributed by atoms with van der Waals surface area (Å²) in [6, 6.07) is 7.61. The first kappa shape index (κ1) is 20.7. The van der Waals surface area contributed by atoms with Crippen molar-refractivity contribution in [3.8, 4) is 5.69 Å². The Kier molecular flexibility index (Phi) is 7.49. The predicted molar refractivity (Wildman–Crippen MR) is 107 cm³/mol. The topological polar surface area (TPSA) is 63.1 Å².